The number of benzene rings is 1. The number of likely N-dealkylation sites (tertiary alicyclic amines) is 1. The Morgan fingerprint density at radius 3 is 2.50 bits per heavy atom. The maximum Gasteiger partial charge on any atom is 0.252 e. The molecule has 3 rings (SSSR count). The van der Waals surface area contributed by atoms with Gasteiger partial charge in [0.1, 0.15) is 5.75 Å². The zero-order valence-electron chi connectivity index (χ0n) is 16.1. The highest BCUT2D eigenvalue weighted by atomic mass is 32.1. The van der Waals surface area contributed by atoms with Crippen LogP contribution < -0.4 is 15.4 Å². The van der Waals surface area contributed by atoms with E-state index in [2.05, 4.69) is 27.7 Å². The molecule has 1 fully saturated rings. The van der Waals surface area contributed by atoms with Crippen LogP contribution in [0.1, 0.15) is 41.2 Å². The number of rotatable bonds is 8. The molecule has 150 valence electrons. The average Bonchev–Trinajstić information content (AvgIpc) is 3.28. The highest BCUT2D eigenvalue weighted by molar-refractivity contribution is 7.08. The molecule has 1 aliphatic rings. The number of carbonyl (C=O) groups is 2. The monoisotopic (exact) mass is 401 g/mol. The minimum atomic E-state index is -0.223. The van der Waals surface area contributed by atoms with Crippen molar-refractivity contribution in [2.24, 2.45) is 0 Å². The Hall–Kier alpha value is -2.38. The Kier molecular flexibility index (Phi) is 7.45. The molecule has 0 aliphatic carbocycles. The van der Waals surface area contributed by atoms with E-state index < -0.39 is 0 Å². The summed E-state index contributed by atoms with van der Waals surface area (Å²) < 4.78 is 5.25. The number of hydrogen-bond donors (Lipinski definition) is 2. The summed E-state index contributed by atoms with van der Waals surface area (Å²) in [5, 5.41) is 9.26. The number of thiophene rings is 1. The first-order chi connectivity index (χ1) is 13.7. The Morgan fingerprint density at radius 2 is 1.86 bits per heavy atom. The van der Waals surface area contributed by atoms with E-state index in [0.29, 0.717) is 12.1 Å². The van der Waals surface area contributed by atoms with Crippen molar-refractivity contribution < 1.29 is 14.3 Å². The maximum absolute atomic E-state index is 12.3. The van der Waals surface area contributed by atoms with Crippen molar-refractivity contribution in [1.29, 1.82) is 0 Å². The van der Waals surface area contributed by atoms with Gasteiger partial charge in [-0.05, 0) is 55.1 Å². The molecule has 1 aromatic carbocycles. The number of ether oxygens (including phenoxy) is 1. The van der Waals surface area contributed by atoms with E-state index in [1.165, 1.54) is 30.6 Å². The fourth-order valence-corrected chi connectivity index (χ4v) is 4.08. The van der Waals surface area contributed by atoms with Crippen LogP contribution in [0.15, 0.2) is 41.1 Å². The number of hydrogen-bond acceptors (Lipinski definition) is 5. The first kappa shape index (κ1) is 20.4. The van der Waals surface area contributed by atoms with Crippen molar-refractivity contribution in [3.8, 4) is 5.75 Å². The van der Waals surface area contributed by atoms with E-state index >= 15 is 0 Å². The predicted molar refractivity (Wildman–Crippen MR) is 111 cm³/mol. The lowest BCUT2D eigenvalue weighted by Gasteiger charge is -2.35. The van der Waals surface area contributed by atoms with Crippen molar-refractivity contribution in [1.82, 2.24) is 15.5 Å². The molecule has 2 heterocycles. The van der Waals surface area contributed by atoms with Gasteiger partial charge in [0.15, 0.2) is 0 Å². The van der Waals surface area contributed by atoms with Crippen molar-refractivity contribution in [3.63, 3.8) is 0 Å². The van der Waals surface area contributed by atoms with Crippen molar-refractivity contribution >= 4 is 23.2 Å². The van der Waals surface area contributed by atoms with E-state index in [1.54, 1.807) is 18.6 Å². The standard InChI is InChI=1S/C21H27N3O3S/c1-27-18-7-5-16(6-8-18)19(24-10-3-2-4-11-24)13-22-20(25)14-23-21(26)17-9-12-28-15-17/h5-9,12,15,19H,2-4,10-11,13-14H2,1H3,(H,22,25)(H,23,26). The highest BCUT2D eigenvalue weighted by Crippen LogP contribution is 2.25. The van der Waals surface area contributed by atoms with Crippen molar-refractivity contribution in [3.05, 3.63) is 52.2 Å². The second-order valence-corrected chi connectivity index (χ2v) is 7.66. The minimum absolute atomic E-state index is 0.0238. The summed E-state index contributed by atoms with van der Waals surface area (Å²) in [6.45, 7) is 2.55. The number of nitrogens with one attached hydrogen (secondary N) is 2. The van der Waals surface area contributed by atoms with Crippen LogP contribution in [-0.4, -0.2) is 50.0 Å². The molecule has 1 unspecified atom stereocenters. The summed E-state index contributed by atoms with van der Waals surface area (Å²) >= 11 is 1.46. The SMILES string of the molecule is COc1ccc(C(CNC(=O)CNC(=O)c2ccsc2)N2CCCCC2)cc1. The van der Waals surface area contributed by atoms with E-state index in [4.69, 9.17) is 4.74 Å². The summed E-state index contributed by atoms with van der Waals surface area (Å²) in [4.78, 5) is 26.7. The molecule has 1 atom stereocenters. The molecule has 2 amide bonds. The van der Waals surface area contributed by atoms with Gasteiger partial charge in [0.2, 0.25) is 5.91 Å². The Bertz CT molecular complexity index is 756. The van der Waals surface area contributed by atoms with Gasteiger partial charge in [0.05, 0.1) is 19.7 Å². The summed E-state index contributed by atoms with van der Waals surface area (Å²) in [7, 11) is 1.65. The maximum atomic E-state index is 12.3. The first-order valence-corrected chi connectivity index (χ1v) is 10.6. The third-order valence-electron chi connectivity index (χ3n) is 5.02. The van der Waals surface area contributed by atoms with Crippen molar-refractivity contribution in [2.45, 2.75) is 25.3 Å². The second kappa shape index (κ2) is 10.2. The number of carbonyl (C=O) groups excluding carboxylic acids is 2. The highest BCUT2D eigenvalue weighted by Gasteiger charge is 2.23. The third-order valence-corrected chi connectivity index (χ3v) is 5.70. The fraction of sp³-hybridized carbons (Fsp3) is 0.429. The van der Waals surface area contributed by atoms with Gasteiger partial charge < -0.3 is 15.4 Å². The van der Waals surface area contributed by atoms with Gasteiger partial charge in [0, 0.05) is 17.5 Å². The van der Waals surface area contributed by atoms with Crippen molar-refractivity contribution in [2.75, 3.05) is 33.3 Å². The van der Waals surface area contributed by atoms with Crippen LogP contribution in [0.25, 0.3) is 0 Å². The molecule has 1 aromatic heterocycles. The second-order valence-electron chi connectivity index (χ2n) is 6.88. The molecule has 6 nitrogen and oxygen atoms in total. The van der Waals surface area contributed by atoms with E-state index in [-0.39, 0.29) is 24.4 Å². The number of methoxy groups -OCH3 is 1. The number of amides is 2. The van der Waals surface area contributed by atoms with Crippen LogP contribution in [0.2, 0.25) is 0 Å². The Balaban J connectivity index is 1.57. The zero-order valence-corrected chi connectivity index (χ0v) is 17.0. The molecule has 2 N–H and O–H groups in total. The molecule has 2 aromatic rings. The molecular formula is C21H27N3O3S. The summed E-state index contributed by atoms with van der Waals surface area (Å²) in [6.07, 6.45) is 3.61. The molecule has 28 heavy (non-hydrogen) atoms. The smallest absolute Gasteiger partial charge is 0.252 e. The van der Waals surface area contributed by atoms with E-state index in [0.717, 1.165) is 24.4 Å². The van der Waals surface area contributed by atoms with E-state index in [9.17, 15) is 9.59 Å². The van der Waals surface area contributed by atoms with Crippen LogP contribution in [0.3, 0.4) is 0 Å². The molecule has 7 heteroatoms. The van der Waals surface area contributed by atoms with Gasteiger partial charge in [-0.1, -0.05) is 18.6 Å². The predicted octanol–water partition coefficient (Wildman–Crippen LogP) is 2.83. The van der Waals surface area contributed by atoms with Crippen LogP contribution >= 0.6 is 11.3 Å². The largest absolute Gasteiger partial charge is 0.497 e. The topological polar surface area (TPSA) is 70.7 Å². The minimum Gasteiger partial charge on any atom is -0.497 e. The van der Waals surface area contributed by atoms with Crippen LogP contribution in [-0.2, 0) is 4.79 Å². The van der Waals surface area contributed by atoms with Gasteiger partial charge in [-0.25, -0.2) is 0 Å². The van der Waals surface area contributed by atoms with Gasteiger partial charge in [-0.3, -0.25) is 14.5 Å². The van der Waals surface area contributed by atoms with Gasteiger partial charge in [-0.15, -0.1) is 0 Å². The Labute approximate surface area is 169 Å². The molecule has 0 bridgehead atoms. The summed E-state index contributed by atoms with van der Waals surface area (Å²) in [5.74, 6) is 0.416. The molecule has 0 spiro atoms. The lowest BCUT2D eigenvalue weighted by Crippen LogP contribution is -2.43. The van der Waals surface area contributed by atoms with Gasteiger partial charge in [-0.2, -0.15) is 11.3 Å². The van der Waals surface area contributed by atoms with Crippen LogP contribution in [0.5, 0.6) is 5.75 Å². The molecule has 1 aliphatic heterocycles. The number of piperidine rings is 1. The quantitative estimate of drug-likeness (QED) is 0.714. The van der Waals surface area contributed by atoms with Crippen LogP contribution in [0, 0.1) is 0 Å². The zero-order chi connectivity index (χ0) is 19.8. The molecular weight excluding hydrogens is 374 g/mol. The normalized spacial score (nSPS) is 15.6. The Morgan fingerprint density at radius 1 is 1.11 bits per heavy atom. The first-order valence-electron chi connectivity index (χ1n) is 9.62. The summed E-state index contributed by atoms with van der Waals surface area (Å²) in [5.41, 5.74) is 1.74. The van der Waals surface area contributed by atoms with E-state index in [1.807, 2.05) is 17.5 Å². The van der Waals surface area contributed by atoms with Crippen LogP contribution in [0.4, 0.5) is 0 Å². The molecule has 0 saturated carbocycles. The molecule has 1 saturated heterocycles. The summed E-state index contributed by atoms with van der Waals surface area (Å²) in [6, 6.07) is 9.88. The lowest BCUT2D eigenvalue weighted by atomic mass is 10.0. The average molecular weight is 402 g/mol. The van der Waals surface area contributed by atoms with Gasteiger partial charge in [0.25, 0.3) is 5.91 Å². The number of nitrogens with zero attached hydrogens (tertiary/aromatic N) is 1. The molecule has 0 radical (unpaired) electrons. The fourth-order valence-electron chi connectivity index (χ4n) is 3.44. The lowest BCUT2D eigenvalue weighted by molar-refractivity contribution is -0.120. The third kappa shape index (κ3) is 5.56. The van der Waals surface area contributed by atoms with Gasteiger partial charge >= 0.3 is 0 Å².